The molecule has 0 saturated heterocycles. The molecule has 5 rings (SSSR count). The fourth-order valence-corrected chi connectivity index (χ4v) is 4.67. The zero-order valence-corrected chi connectivity index (χ0v) is 21.8. The lowest BCUT2D eigenvalue weighted by molar-refractivity contribution is -0.384. The van der Waals surface area contributed by atoms with Crippen LogP contribution in [0.1, 0.15) is 23.6 Å². The van der Waals surface area contributed by atoms with Gasteiger partial charge in [-0.2, -0.15) is 5.10 Å². The van der Waals surface area contributed by atoms with Gasteiger partial charge in [0.15, 0.2) is 5.71 Å². The SMILES string of the molecule is CCOC(=O)C1=CN2N=C3C(=C(C(=O)OC)C(C(=O)OC)=Nc4ccc([N+](=O)[O-])cc43)C2(c2ccc(C)cc2)O1. The van der Waals surface area contributed by atoms with Crippen molar-refractivity contribution in [3.63, 3.8) is 0 Å². The monoisotopic (exact) mass is 546 g/mol. The van der Waals surface area contributed by atoms with Crippen LogP contribution in [0.2, 0.25) is 0 Å². The highest BCUT2D eigenvalue weighted by Crippen LogP contribution is 2.53. The first-order valence-corrected chi connectivity index (χ1v) is 12.0. The normalized spacial score (nSPS) is 18.7. The predicted molar refractivity (Wildman–Crippen MR) is 138 cm³/mol. The Balaban J connectivity index is 1.91. The molecule has 0 radical (unpaired) electrons. The number of aliphatic imine (C=N–C) groups is 1. The number of aryl methyl sites for hydroxylation is 1. The summed E-state index contributed by atoms with van der Waals surface area (Å²) in [4.78, 5) is 54.7. The molecule has 13 nitrogen and oxygen atoms in total. The zero-order chi connectivity index (χ0) is 28.8. The first-order chi connectivity index (χ1) is 19.2. The third-order valence-corrected chi connectivity index (χ3v) is 6.46. The van der Waals surface area contributed by atoms with Gasteiger partial charge < -0.3 is 18.9 Å². The van der Waals surface area contributed by atoms with Crippen molar-refractivity contribution in [1.29, 1.82) is 0 Å². The van der Waals surface area contributed by atoms with E-state index in [1.165, 1.54) is 29.4 Å². The van der Waals surface area contributed by atoms with Crippen molar-refractivity contribution in [1.82, 2.24) is 5.01 Å². The number of non-ortho nitro benzene ring substituents is 1. The van der Waals surface area contributed by atoms with E-state index in [0.717, 1.165) is 19.8 Å². The van der Waals surface area contributed by atoms with Gasteiger partial charge in [0.1, 0.15) is 11.3 Å². The summed E-state index contributed by atoms with van der Waals surface area (Å²) in [5, 5.41) is 17.6. The van der Waals surface area contributed by atoms with Crippen molar-refractivity contribution >= 4 is 40.7 Å². The Hall–Kier alpha value is -5.33. The number of rotatable bonds is 6. The first kappa shape index (κ1) is 26.3. The van der Waals surface area contributed by atoms with Gasteiger partial charge in [-0.05, 0) is 19.9 Å². The summed E-state index contributed by atoms with van der Waals surface area (Å²) < 4.78 is 21.5. The molecule has 13 heteroatoms. The quantitative estimate of drug-likeness (QED) is 0.228. The molecule has 0 bridgehead atoms. The van der Waals surface area contributed by atoms with Gasteiger partial charge in [-0.25, -0.2) is 24.4 Å². The molecular weight excluding hydrogens is 524 g/mol. The number of methoxy groups -OCH3 is 2. The topological polar surface area (TPSA) is 159 Å². The number of carbonyl (C=O) groups is 3. The molecule has 2 aromatic rings. The Morgan fingerprint density at radius 2 is 1.75 bits per heavy atom. The number of hydrazone groups is 1. The fraction of sp³-hybridized carbons (Fsp3) is 0.222. The van der Waals surface area contributed by atoms with Gasteiger partial charge in [0.25, 0.3) is 11.4 Å². The van der Waals surface area contributed by atoms with E-state index in [1.54, 1.807) is 31.2 Å². The lowest BCUT2D eigenvalue weighted by Crippen LogP contribution is -2.41. The highest BCUT2D eigenvalue weighted by Gasteiger charge is 2.59. The zero-order valence-electron chi connectivity index (χ0n) is 21.8. The summed E-state index contributed by atoms with van der Waals surface area (Å²) in [6.45, 7) is 3.57. The van der Waals surface area contributed by atoms with Crippen molar-refractivity contribution < 1.29 is 38.3 Å². The number of hydrogen-bond donors (Lipinski definition) is 0. The number of fused-ring (bicyclic) bond motifs is 5. The van der Waals surface area contributed by atoms with E-state index in [2.05, 4.69) is 10.1 Å². The predicted octanol–water partition coefficient (Wildman–Crippen LogP) is 2.94. The number of carbonyl (C=O) groups excluding carboxylic acids is 3. The molecule has 204 valence electrons. The molecule has 40 heavy (non-hydrogen) atoms. The summed E-state index contributed by atoms with van der Waals surface area (Å²) in [7, 11) is 2.23. The minimum Gasteiger partial charge on any atom is -0.465 e. The van der Waals surface area contributed by atoms with Crippen LogP contribution in [0.4, 0.5) is 11.4 Å². The molecular formula is C27H22N4O9. The van der Waals surface area contributed by atoms with Gasteiger partial charge in [0.05, 0.1) is 43.2 Å². The molecule has 1 unspecified atom stereocenters. The van der Waals surface area contributed by atoms with Gasteiger partial charge in [-0.15, -0.1) is 0 Å². The largest absolute Gasteiger partial charge is 0.465 e. The molecule has 3 aliphatic heterocycles. The third-order valence-electron chi connectivity index (χ3n) is 6.46. The number of nitro benzene ring substituents is 1. The second-order valence-corrected chi connectivity index (χ2v) is 8.77. The number of esters is 3. The van der Waals surface area contributed by atoms with Gasteiger partial charge in [0, 0.05) is 23.3 Å². The van der Waals surface area contributed by atoms with Crippen molar-refractivity contribution in [2.75, 3.05) is 20.8 Å². The van der Waals surface area contributed by atoms with Gasteiger partial charge >= 0.3 is 17.9 Å². The Bertz CT molecular complexity index is 1600. The van der Waals surface area contributed by atoms with Crippen molar-refractivity contribution in [2.24, 2.45) is 10.1 Å². The Morgan fingerprint density at radius 1 is 1.05 bits per heavy atom. The maximum atomic E-state index is 13.4. The molecule has 0 saturated carbocycles. The summed E-state index contributed by atoms with van der Waals surface area (Å²) >= 11 is 0. The van der Waals surface area contributed by atoms with Gasteiger partial charge in [-0.3, -0.25) is 10.1 Å². The van der Waals surface area contributed by atoms with Crippen LogP contribution in [-0.4, -0.2) is 60.1 Å². The molecule has 0 aliphatic carbocycles. The van der Waals surface area contributed by atoms with E-state index in [9.17, 15) is 24.5 Å². The molecule has 2 aromatic carbocycles. The van der Waals surface area contributed by atoms with Crippen LogP contribution < -0.4 is 0 Å². The van der Waals surface area contributed by atoms with Crippen molar-refractivity contribution in [2.45, 2.75) is 19.6 Å². The van der Waals surface area contributed by atoms with Gasteiger partial charge in [0.2, 0.25) is 5.76 Å². The van der Waals surface area contributed by atoms with E-state index in [1.807, 2.05) is 6.92 Å². The average Bonchev–Trinajstić information content (AvgIpc) is 3.42. The lowest BCUT2D eigenvalue weighted by atomic mass is 9.84. The van der Waals surface area contributed by atoms with Crippen molar-refractivity contribution in [3.05, 3.63) is 92.4 Å². The second kappa shape index (κ2) is 9.76. The van der Waals surface area contributed by atoms with E-state index in [4.69, 9.17) is 18.9 Å². The van der Waals surface area contributed by atoms with Crippen LogP contribution >= 0.6 is 0 Å². The first-order valence-electron chi connectivity index (χ1n) is 12.0. The molecule has 0 aromatic heterocycles. The summed E-state index contributed by atoms with van der Waals surface area (Å²) in [5.41, 5.74) is -1.31. The number of hydrogen-bond acceptors (Lipinski definition) is 12. The van der Waals surface area contributed by atoms with E-state index in [0.29, 0.717) is 5.56 Å². The van der Waals surface area contributed by atoms with Crippen LogP contribution in [-0.2, 0) is 39.1 Å². The molecule has 0 spiro atoms. The van der Waals surface area contributed by atoms with E-state index >= 15 is 0 Å². The van der Waals surface area contributed by atoms with E-state index < -0.39 is 34.3 Å². The minimum absolute atomic E-state index is 0.0258. The number of nitrogens with zero attached hydrogens (tertiary/aromatic N) is 4. The van der Waals surface area contributed by atoms with Crippen LogP contribution in [0.3, 0.4) is 0 Å². The highest BCUT2D eigenvalue weighted by atomic mass is 16.6. The number of ether oxygens (including phenoxy) is 4. The number of benzene rings is 2. The van der Waals surface area contributed by atoms with Crippen LogP contribution in [0.15, 0.2) is 75.7 Å². The third kappa shape index (κ3) is 3.90. The molecule has 1 atom stereocenters. The van der Waals surface area contributed by atoms with E-state index in [-0.39, 0.29) is 46.2 Å². The maximum absolute atomic E-state index is 13.4. The Labute approximate surface area is 227 Å². The van der Waals surface area contributed by atoms with Crippen molar-refractivity contribution in [3.8, 4) is 0 Å². The molecule has 3 aliphatic rings. The van der Waals surface area contributed by atoms with Crippen LogP contribution in [0.5, 0.6) is 0 Å². The molecule has 3 heterocycles. The smallest absolute Gasteiger partial charge is 0.375 e. The summed E-state index contributed by atoms with van der Waals surface area (Å²) in [6, 6.07) is 10.8. The summed E-state index contributed by atoms with van der Waals surface area (Å²) in [5.74, 6) is -2.96. The second-order valence-electron chi connectivity index (χ2n) is 8.77. The average molecular weight is 546 g/mol. The molecule has 0 amide bonds. The highest BCUT2D eigenvalue weighted by molar-refractivity contribution is 6.52. The summed E-state index contributed by atoms with van der Waals surface area (Å²) in [6.07, 6.45) is 1.30. The maximum Gasteiger partial charge on any atom is 0.375 e. The van der Waals surface area contributed by atoms with Crippen LogP contribution in [0.25, 0.3) is 0 Å². The van der Waals surface area contributed by atoms with Crippen LogP contribution in [0, 0.1) is 17.0 Å². The number of nitro groups is 1. The lowest BCUT2D eigenvalue weighted by Gasteiger charge is -2.33. The van der Waals surface area contributed by atoms with Gasteiger partial charge in [-0.1, -0.05) is 29.8 Å². The Morgan fingerprint density at radius 3 is 2.38 bits per heavy atom. The Kier molecular flexibility index (Phi) is 6.42. The molecule has 0 N–H and O–H groups in total. The minimum atomic E-state index is -1.82. The fourth-order valence-electron chi connectivity index (χ4n) is 4.67. The standard InChI is InChI=1S/C27H22N4O9/c1-5-39-24(32)19-13-30-27(40-19,15-8-6-14(2)7-9-15)21-20(25(33)37-3)23(26(34)38-4)28-18-11-10-16(31(35)36)12-17(18)22(21)29-30/h6-13H,5H2,1-4H3. The molecule has 0 fully saturated rings.